The summed E-state index contributed by atoms with van der Waals surface area (Å²) < 4.78 is 36.3. The van der Waals surface area contributed by atoms with Gasteiger partial charge in [0.15, 0.2) is 0 Å². The van der Waals surface area contributed by atoms with E-state index < -0.39 is 10.1 Å². The second-order valence-electron chi connectivity index (χ2n) is 6.69. The van der Waals surface area contributed by atoms with Crippen molar-refractivity contribution < 1.29 is 17.3 Å². The largest absolute Gasteiger partial charge is 0.493 e. The highest BCUT2D eigenvalue weighted by Crippen LogP contribution is 2.32. The van der Waals surface area contributed by atoms with Crippen molar-refractivity contribution in [2.75, 3.05) is 6.61 Å². The van der Waals surface area contributed by atoms with Crippen LogP contribution in [-0.2, 0) is 23.1 Å². The van der Waals surface area contributed by atoms with Gasteiger partial charge in [0.1, 0.15) is 16.4 Å². The third-order valence-electron chi connectivity index (χ3n) is 4.33. The van der Waals surface area contributed by atoms with Gasteiger partial charge >= 0.3 is 10.1 Å². The minimum Gasteiger partial charge on any atom is -0.493 e. The topological polar surface area (TPSA) is 78.6 Å². The Bertz CT molecular complexity index is 1130. The molecule has 3 aromatic rings. The Morgan fingerprint density at radius 3 is 2.30 bits per heavy atom. The molecule has 158 valence electrons. The number of hydrogen-bond donors (Lipinski definition) is 1. The fourth-order valence-electron chi connectivity index (χ4n) is 2.82. The van der Waals surface area contributed by atoms with E-state index in [-0.39, 0.29) is 20.7 Å². The summed E-state index contributed by atoms with van der Waals surface area (Å²) in [7, 11) is -4.15. The molecule has 3 rings (SSSR count). The summed E-state index contributed by atoms with van der Waals surface area (Å²) in [6, 6.07) is 17.3. The molecule has 0 bridgehead atoms. The SMILES string of the molecule is Cc1cc(OCCc2ccc(CN)cc2)cc(OS(=O)(=O)c2cccc(Cl)c2Cl)c1. The second-order valence-corrected chi connectivity index (χ2v) is 8.99. The van der Waals surface area contributed by atoms with E-state index in [9.17, 15) is 8.42 Å². The molecule has 2 N–H and O–H groups in total. The molecule has 0 aliphatic rings. The van der Waals surface area contributed by atoms with Gasteiger partial charge in [-0.1, -0.05) is 53.5 Å². The van der Waals surface area contributed by atoms with Crippen LogP contribution >= 0.6 is 23.2 Å². The van der Waals surface area contributed by atoms with Crippen molar-refractivity contribution in [1.29, 1.82) is 0 Å². The highest BCUT2D eigenvalue weighted by atomic mass is 35.5. The zero-order chi connectivity index (χ0) is 21.7. The van der Waals surface area contributed by atoms with Gasteiger partial charge in [0.25, 0.3) is 0 Å². The fourth-order valence-corrected chi connectivity index (χ4v) is 4.48. The minimum atomic E-state index is -4.15. The van der Waals surface area contributed by atoms with Gasteiger partial charge in [-0.2, -0.15) is 8.42 Å². The summed E-state index contributed by atoms with van der Waals surface area (Å²) >= 11 is 11.9. The van der Waals surface area contributed by atoms with Crippen LogP contribution in [0.25, 0.3) is 0 Å². The first-order valence-electron chi connectivity index (χ1n) is 9.19. The molecule has 3 aromatic carbocycles. The molecule has 0 aromatic heterocycles. The van der Waals surface area contributed by atoms with Crippen LogP contribution in [0.15, 0.2) is 65.6 Å². The maximum Gasteiger partial charge on any atom is 0.340 e. The van der Waals surface area contributed by atoms with Gasteiger partial charge < -0.3 is 14.7 Å². The molecule has 0 spiro atoms. The lowest BCUT2D eigenvalue weighted by molar-refractivity contribution is 0.320. The molecule has 0 radical (unpaired) electrons. The number of ether oxygens (including phenoxy) is 1. The van der Waals surface area contributed by atoms with Gasteiger partial charge in [-0.25, -0.2) is 0 Å². The molecule has 0 amide bonds. The molecule has 0 aliphatic heterocycles. The van der Waals surface area contributed by atoms with E-state index in [0.29, 0.717) is 25.3 Å². The van der Waals surface area contributed by atoms with Crippen molar-refractivity contribution in [1.82, 2.24) is 0 Å². The molecule has 0 aliphatic carbocycles. The molecule has 0 heterocycles. The lowest BCUT2D eigenvalue weighted by atomic mass is 10.1. The predicted octanol–water partition coefficient (Wildman–Crippen LogP) is 5.15. The van der Waals surface area contributed by atoms with Crippen LogP contribution in [0.5, 0.6) is 11.5 Å². The van der Waals surface area contributed by atoms with E-state index >= 15 is 0 Å². The lowest BCUT2D eigenvalue weighted by Crippen LogP contribution is -2.11. The number of nitrogens with two attached hydrogens (primary N) is 1. The zero-order valence-corrected chi connectivity index (χ0v) is 18.6. The van der Waals surface area contributed by atoms with E-state index in [1.807, 2.05) is 37.3 Å². The van der Waals surface area contributed by atoms with Crippen LogP contribution in [-0.4, -0.2) is 15.0 Å². The van der Waals surface area contributed by atoms with Crippen LogP contribution in [0.4, 0.5) is 0 Å². The maximum atomic E-state index is 12.6. The number of hydrogen-bond acceptors (Lipinski definition) is 5. The molecular weight excluding hydrogens is 445 g/mol. The van der Waals surface area contributed by atoms with Gasteiger partial charge in [0.05, 0.1) is 16.7 Å². The third-order valence-corrected chi connectivity index (χ3v) is 6.56. The van der Waals surface area contributed by atoms with E-state index in [1.54, 1.807) is 6.07 Å². The standard InChI is InChI=1S/C22H21Cl2NO4S/c1-15-11-18(28-10-9-16-5-7-17(14-25)8-6-16)13-19(12-15)29-30(26,27)21-4-2-3-20(23)22(21)24/h2-8,11-13H,9-10,14,25H2,1H3. The first-order valence-corrected chi connectivity index (χ1v) is 11.4. The number of halogens is 2. The first-order chi connectivity index (χ1) is 14.3. The van der Waals surface area contributed by atoms with Crippen LogP contribution in [0, 0.1) is 6.92 Å². The molecule has 8 heteroatoms. The molecule has 5 nitrogen and oxygen atoms in total. The van der Waals surface area contributed by atoms with Gasteiger partial charge in [-0.05, 0) is 47.9 Å². The van der Waals surface area contributed by atoms with Crippen molar-refractivity contribution in [2.24, 2.45) is 5.73 Å². The van der Waals surface area contributed by atoms with Crippen LogP contribution in [0.2, 0.25) is 10.0 Å². The van der Waals surface area contributed by atoms with Crippen molar-refractivity contribution in [3.05, 3.63) is 87.4 Å². The van der Waals surface area contributed by atoms with Gasteiger partial charge in [-0.3, -0.25) is 0 Å². The fraction of sp³-hybridized carbons (Fsp3) is 0.182. The smallest absolute Gasteiger partial charge is 0.340 e. The number of aryl methyl sites for hydroxylation is 1. The molecule has 0 unspecified atom stereocenters. The Hall–Kier alpha value is -2.25. The highest BCUT2D eigenvalue weighted by Gasteiger charge is 2.22. The maximum absolute atomic E-state index is 12.6. The Labute approximate surface area is 186 Å². The van der Waals surface area contributed by atoms with Gasteiger partial charge in [0, 0.05) is 19.0 Å². The van der Waals surface area contributed by atoms with Crippen LogP contribution in [0.3, 0.4) is 0 Å². The average molecular weight is 466 g/mol. The monoisotopic (exact) mass is 465 g/mol. The van der Waals surface area contributed by atoms with E-state index in [2.05, 4.69) is 0 Å². The van der Waals surface area contributed by atoms with Crippen LogP contribution in [0.1, 0.15) is 16.7 Å². The van der Waals surface area contributed by atoms with Crippen molar-refractivity contribution in [3.63, 3.8) is 0 Å². The Kier molecular flexibility index (Phi) is 7.26. The summed E-state index contributed by atoms with van der Waals surface area (Å²) in [5.41, 5.74) is 8.59. The Balaban J connectivity index is 1.70. The van der Waals surface area contributed by atoms with E-state index in [0.717, 1.165) is 16.7 Å². The molecule has 0 saturated carbocycles. The summed E-state index contributed by atoms with van der Waals surface area (Å²) in [5.74, 6) is 0.643. The molecule has 0 atom stereocenters. The Morgan fingerprint density at radius 1 is 0.933 bits per heavy atom. The number of benzene rings is 3. The number of rotatable bonds is 8. The molecular formula is C22H21Cl2NO4S. The average Bonchev–Trinajstić information content (AvgIpc) is 2.69. The van der Waals surface area contributed by atoms with E-state index in [4.69, 9.17) is 37.9 Å². The third kappa shape index (κ3) is 5.67. The lowest BCUT2D eigenvalue weighted by Gasteiger charge is -2.12. The zero-order valence-electron chi connectivity index (χ0n) is 16.3. The second kappa shape index (κ2) is 9.71. The van der Waals surface area contributed by atoms with Gasteiger partial charge in [0.2, 0.25) is 0 Å². The van der Waals surface area contributed by atoms with Gasteiger partial charge in [-0.15, -0.1) is 0 Å². The molecule has 30 heavy (non-hydrogen) atoms. The van der Waals surface area contributed by atoms with Crippen LogP contribution < -0.4 is 14.7 Å². The summed E-state index contributed by atoms with van der Waals surface area (Å²) in [6.45, 7) is 2.76. The van der Waals surface area contributed by atoms with Crippen molar-refractivity contribution in [3.8, 4) is 11.5 Å². The normalized spacial score (nSPS) is 11.3. The minimum absolute atomic E-state index is 0.0797. The molecule has 0 fully saturated rings. The van der Waals surface area contributed by atoms with Crippen molar-refractivity contribution >= 4 is 33.3 Å². The quantitative estimate of drug-likeness (QED) is 0.465. The Morgan fingerprint density at radius 2 is 1.60 bits per heavy atom. The first kappa shape index (κ1) is 22.4. The van der Waals surface area contributed by atoms with Crippen molar-refractivity contribution in [2.45, 2.75) is 24.8 Å². The summed E-state index contributed by atoms with van der Waals surface area (Å²) in [4.78, 5) is -0.193. The summed E-state index contributed by atoms with van der Waals surface area (Å²) in [5, 5.41) is 0.0537. The van der Waals surface area contributed by atoms with E-state index in [1.165, 1.54) is 24.3 Å². The highest BCUT2D eigenvalue weighted by molar-refractivity contribution is 7.87. The predicted molar refractivity (Wildman–Crippen MR) is 119 cm³/mol. The molecule has 0 saturated heterocycles. The summed E-state index contributed by atoms with van der Waals surface area (Å²) in [6.07, 6.45) is 0.700.